The summed E-state index contributed by atoms with van der Waals surface area (Å²) >= 11 is 0. The molecule has 1 aromatic carbocycles. The first kappa shape index (κ1) is 47.6. The summed E-state index contributed by atoms with van der Waals surface area (Å²) in [4.78, 5) is 49.2. The number of methoxy groups -OCH3 is 1. The van der Waals surface area contributed by atoms with E-state index in [1.165, 1.54) is 12.0 Å². The molecule has 7 aliphatic rings. The maximum Gasteiger partial charge on any atom is 0.309 e. The lowest BCUT2D eigenvalue weighted by Crippen LogP contribution is -2.67. The van der Waals surface area contributed by atoms with Crippen molar-refractivity contribution >= 4 is 17.8 Å². The first-order valence-electron chi connectivity index (χ1n) is 25.8. The van der Waals surface area contributed by atoms with E-state index in [4.69, 9.17) is 19.2 Å². The highest BCUT2D eigenvalue weighted by atomic mass is 16.5. The molecule has 0 bridgehead atoms. The van der Waals surface area contributed by atoms with Crippen molar-refractivity contribution in [3.05, 3.63) is 54.5 Å². The van der Waals surface area contributed by atoms with E-state index in [2.05, 4.69) is 88.1 Å². The van der Waals surface area contributed by atoms with Crippen LogP contribution in [0.25, 0.3) is 11.3 Å². The second-order valence-electron chi connectivity index (χ2n) is 24.4. The van der Waals surface area contributed by atoms with Gasteiger partial charge in [0, 0.05) is 37.4 Å². The second kappa shape index (κ2) is 17.2. The van der Waals surface area contributed by atoms with Crippen LogP contribution in [0.5, 0.6) is 0 Å². The highest BCUT2D eigenvalue weighted by Gasteiger charge is 2.72. The monoisotopic (exact) mass is 908 g/mol. The molecule has 362 valence electrons. The van der Waals surface area contributed by atoms with Crippen LogP contribution in [0.4, 0.5) is 0 Å². The molecule has 1 aromatic heterocycles. The van der Waals surface area contributed by atoms with Crippen LogP contribution in [-0.2, 0) is 35.1 Å². The number of carbonyl (C=O) groups is 3. The number of ether oxygens (including phenoxy) is 3. The number of carbonyl (C=O) groups excluding carboxylic acids is 2. The van der Waals surface area contributed by atoms with Gasteiger partial charge in [0.2, 0.25) is 5.91 Å². The number of aromatic nitrogens is 2. The number of fused-ring (bicyclic) bond motifs is 7. The Bertz CT molecular complexity index is 2180. The van der Waals surface area contributed by atoms with E-state index >= 15 is 4.79 Å². The van der Waals surface area contributed by atoms with E-state index in [9.17, 15) is 14.7 Å². The number of imidazole rings is 1. The number of allylic oxidation sites excluding steroid dienone is 1. The zero-order chi connectivity index (χ0) is 47.2. The van der Waals surface area contributed by atoms with Crippen molar-refractivity contribution in [2.45, 2.75) is 158 Å². The van der Waals surface area contributed by atoms with Crippen molar-refractivity contribution in [1.29, 1.82) is 0 Å². The Kier molecular flexibility index (Phi) is 12.4. The number of carboxylic acids is 1. The molecule has 66 heavy (non-hydrogen) atoms. The molecule has 9 rings (SSSR count). The summed E-state index contributed by atoms with van der Waals surface area (Å²) in [5, 5.41) is 9.75. The number of hydrogen-bond acceptors (Lipinski definition) is 7. The predicted molar refractivity (Wildman–Crippen MR) is 256 cm³/mol. The maximum absolute atomic E-state index is 15.9. The van der Waals surface area contributed by atoms with Crippen LogP contribution in [0.1, 0.15) is 151 Å². The zero-order valence-corrected chi connectivity index (χ0v) is 41.8. The molecule has 1 amide bonds. The van der Waals surface area contributed by atoms with E-state index in [0.717, 1.165) is 94.3 Å². The molecule has 1 saturated heterocycles. The number of esters is 1. The Morgan fingerprint density at radius 3 is 2.27 bits per heavy atom. The highest BCUT2D eigenvalue weighted by Crippen LogP contribution is 2.78. The van der Waals surface area contributed by atoms with Gasteiger partial charge in [-0.2, -0.15) is 0 Å². The van der Waals surface area contributed by atoms with Crippen LogP contribution in [0.3, 0.4) is 0 Å². The molecular weight excluding hydrogens is 827 g/mol. The summed E-state index contributed by atoms with van der Waals surface area (Å²) in [5.74, 6) is 1.41. The second-order valence-corrected chi connectivity index (χ2v) is 24.4. The molecule has 2 heterocycles. The van der Waals surface area contributed by atoms with Gasteiger partial charge in [0.25, 0.3) is 0 Å². The zero-order valence-electron chi connectivity index (χ0n) is 41.8. The molecule has 6 aliphatic carbocycles. The van der Waals surface area contributed by atoms with Crippen molar-refractivity contribution in [2.24, 2.45) is 73.9 Å². The normalized spacial score (nSPS) is 39.7. The van der Waals surface area contributed by atoms with Crippen molar-refractivity contribution in [1.82, 2.24) is 14.5 Å². The third-order valence-electron chi connectivity index (χ3n) is 21.1. The summed E-state index contributed by atoms with van der Waals surface area (Å²) in [6, 6.07) is 10.3. The fourth-order valence-corrected chi connectivity index (χ4v) is 17.3. The number of carboxylic acid groups (broad SMARTS) is 1. The molecule has 1 N–H and O–H groups in total. The topological polar surface area (TPSA) is 120 Å². The number of hydrogen-bond donors (Lipinski definition) is 1. The summed E-state index contributed by atoms with van der Waals surface area (Å²) < 4.78 is 20.0. The van der Waals surface area contributed by atoms with Gasteiger partial charge in [-0.05, 0) is 142 Å². The van der Waals surface area contributed by atoms with Gasteiger partial charge in [-0.1, -0.05) is 91.0 Å². The number of aliphatic carboxylic acids is 1. The van der Waals surface area contributed by atoms with Gasteiger partial charge in [0.05, 0.1) is 48.8 Å². The van der Waals surface area contributed by atoms with Crippen LogP contribution in [0, 0.1) is 73.9 Å². The van der Waals surface area contributed by atoms with Crippen LogP contribution in [0.15, 0.2) is 48.7 Å². The fraction of sp³-hybridized carbons (Fsp3) is 0.750. The third kappa shape index (κ3) is 7.20. The lowest BCUT2D eigenvalue weighted by Gasteiger charge is -2.73. The van der Waals surface area contributed by atoms with Crippen molar-refractivity contribution < 1.29 is 33.7 Å². The summed E-state index contributed by atoms with van der Waals surface area (Å²) in [6.45, 7) is 26.4. The van der Waals surface area contributed by atoms with Gasteiger partial charge in [0.1, 0.15) is 11.9 Å². The largest absolute Gasteiger partial charge is 0.481 e. The Morgan fingerprint density at radius 1 is 0.818 bits per heavy atom. The van der Waals surface area contributed by atoms with E-state index < -0.39 is 22.7 Å². The number of benzene rings is 1. The summed E-state index contributed by atoms with van der Waals surface area (Å²) in [6.07, 6.45) is 14.6. The van der Waals surface area contributed by atoms with Gasteiger partial charge >= 0.3 is 11.9 Å². The Balaban J connectivity index is 0.972. The lowest BCUT2D eigenvalue weighted by molar-refractivity contribution is -0.251. The number of nitrogens with zero attached hydrogens (tertiary/aromatic N) is 3. The first-order valence-corrected chi connectivity index (χ1v) is 25.8. The smallest absolute Gasteiger partial charge is 0.309 e. The van der Waals surface area contributed by atoms with Crippen LogP contribution in [0.2, 0.25) is 0 Å². The van der Waals surface area contributed by atoms with Gasteiger partial charge in [-0.15, -0.1) is 0 Å². The van der Waals surface area contributed by atoms with E-state index in [-0.39, 0.29) is 51.6 Å². The molecule has 13 atom stereocenters. The van der Waals surface area contributed by atoms with E-state index in [1.807, 2.05) is 19.9 Å². The molecule has 7 fully saturated rings. The summed E-state index contributed by atoms with van der Waals surface area (Å²) in [7, 11) is 1.69. The molecule has 6 saturated carbocycles. The molecule has 2 aromatic rings. The fourth-order valence-electron chi connectivity index (χ4n) is 17.3. The van der Waals surface area contributed by atoms with Crippen LogP contribution >= 0.6 is 0 Å². The standard InChI is InChI=1S/C56H81N3O7/c1-35(2)37-20-25-56(50(63)59-28-14-17-42(59)47-57-41(36-15-12-11-13-16-36)34-58(47)29-30-65-32-31-64-10)27-26-54(8)38(46(37)56)18-19-44-53(7)23-22-45(52(5,6)43(53)21-24-55(44,54)9)66-49(62)40-33-39(48(60)61)51(40,3)4/h11-13,15-16,34,37-40,42-46H,1,14,17-33H2,2-10H3,(H,60,61)/t37-,38+,39-,40+,42-,43-,44+,45-,46+,53-,54+,55+,56-/m0/s1. The number of likely N-dealkylation sites (tertiary alicyclic amines) is 1. The number of amides is 1. The molecular formula is C56H81N3O7. The molecule has 10 nitrogen and oxygen atoms in total. The van der Waals surface area contributed by atoms with E-state index in [1.54, 1.807) is 7.11 Å². The molecule has 0 spiro atoms. The Labute approximate surface area is 395 Å². The van der Waals surface area contributed by atoms with Crippen molar-refractivity contribution in [3.63, 3.8) is 0 Å². The minimum absolute atomic E-state index is 0.0778. The average Bonchev–Trinajstić information content (AvgIpc) is 4.02. The molecule has 10 heteroatoms. The van der Waals surface area contributed by atoms with E-state index in [0.29, 0.717) is 62.4 Å². The summed E-state index contributed by atoms with van der Waals surface area (Å²) in [5.41, 5.74) is 2.34. The predicted octanol–water partition coefficient (Wildman–Crippen LogP) is 11.2. The van der Waals surface area contributed by atoms with Gasteiger partial charge in [-0.25, -0.2) is 4.98 Å². The molecule has 0 unspecified atom stereocenters. The Hall–Kier alpha value is -3.50. The Morgan fingerprint density at radius 2 is 1.58 bits per heavy atom. The molecule has 1 aliphatic heterocycles. The van der Waals surface area contributed by atoms with Crippen LogP contribution in [-0.4, -0.2) is 77.0 Å². The maximum atomic E-state index is 15.9. The highest BCUT2D eigenvalue weighted by molar-refractivity contribution is 5.85. The third-order valence-corrected chi connectivity index (χ3v) is 21.1. The van der Waals surface area contributed by atoms with Gasteiger partial charge in [0.15, 0.2) is 0 Å². The molecule has 0 radical (unpaired) electrons. The van der Waals surface area contributed by atoms with Crippen molar-refractivity contribution in [3.8, 4) is 11.3 Å². The quantitative estimate of drug-likeness (QED) is 0.120. The minimum atomic E-state index is -0.821. The van der Waals surface area contributed by atoms with Gasteiger partial charge < -0.3 is 28.8 Å². The first-order chi connectivity index (χ1) is 31.3. The average molecular weight is 908 g/mol. The van der Waals surface area contributed by atoms with Crippen LogP contribution < -0.4 is 0 Å². The minimum Gasteiger partial charge on any atom is -0.481 e. The SMILES string of the molecule is C=C(C)[C@@H]1CC[C@]2(C(=O)N3CCC[C@H]3c3nc(-c4ccccc4)cn3CCOCCOC)CC[C@]3(C)[C@H](CC[C@@H]4[C@@]5(C)CC[C@H](OC(=O)[C@H]6C[C@@H](C(=O)O)C6(C)C)C(C)(C)[C@@H]5CC[C@]43C)[C@@H]12. The number of rotatable bonds is 13. The van der Waals surface area contributed by atoms with Crippen molar-refractivity contribution in [2.75, 3.05) is 33.5 Å². The lowest BCUT2D eigenvalue weighted by atomic mass is 9.32. The van der Waals surface area contributed by atoms with Gasteiger partial charge in [-0.3, -0.25) is 14.4 Å².